The van der Waals surface area contributed by atoms with E-state index in [0.29, 0.717) is 6.07 Å². The van der Waals surface area contributed by atoms with Crippen LogP contribution in [0.2, 0.25) is 0 Å². The van der Waals surface area contributed by atoms with E-state index in [1.807, 2.05) is 0 Å². The van der Waals surface area contributed by atoms with Gasteiger partial charge in [0.25, 0.3) is 0 Å². The second kappa shape index (κ2) is 4.40. The van der Waals surface area contributed by atoms with E-state index < -0.39 is 28.0 Å². The fraction of sp³-hybridized carbons (Fsp3) is 0.222. The molecule has 8 heteroatoms. The van der Waals surface area contributed by atoms with Crippen LogP contribution in [0.1, 0.15) is 11.3 Å². The zero-order valence-electron chi connectivity index (χ0n) is 8.37. The standard InChI is InChI=1S/C9H7F3N2O3/c1-2-3-5-4-6(9(10,11)12)13-8(15)7(5)14(16)17/h2,4H,1,3H2,(H,13,15). The van der Waals surface area contributed by atoms with E-state index in [1.54, 1.807) is 0 Å². The molecule has 0 atom stereocenters. The van der Waals surface area contributed by atoms with Gasteiger partial charge in [0, 0.05) is 5.56 Å². The molecule has 0 spiro atoms. The van der Waals surface area contributed by atoms with Gasteiger partial charge in [-0.2, -0.15) is 13.2 Å². The van der Waals surface area contributed by atoms with Gasteiger partial charge in [-0.25, -0.2) is 0 Å². The molecule has 0 unspecified atom stereocenters. The van der Waals surface area contributed by atoms with Crippen LogP contribution in [-0.2, 0) is 12.6 Å². The number of allylic oxidation sites excluding steroid dienone is 1. The summed E-state index contributed by atoms with van der Waals surface area (Å²) >= 11 is 0. The first-order chi connectivity index (χ1) is 7.77. The van der Waals surface area contributed by atoms with E-state index in [2.05, 4.69) is 6.58 Å². The highest BCUT2D eigenvalue weighted by Crippen LogP contribution is 2.29. The lowest BCUT2D eigenvalue weighted by Gasteiger charge is -2.07. The molecule has 0 aliphatic heterocycles. The minimum absolute atomic E-state index is 0.191. The van der Waals surface area contributed by atoms with Crippen molar-refractivity contribution in [2.75, 3.05) is 0 Å². The Bertz CT molecular complexity index is 519. The summed E-state index contributed by atoms with van der Waals surface area (Å²) in [5.74, 6) is 0. The van der Waals surface area contributed by atoms with E-state index in [4.69, 9.17) is 0 Å². The summed E-state index contributed by atoms with van der Waals surface area (Å²) in [7, 11) is 0. The SMILES string of the molecule is C=CCc1cc(C(F)(F)F)[nH]c(=O)c1[N+](=O)[O-]. The molecule has 0 bridgehead atoms. The summed E-state index contributed by atoms with van der Waals surface area (Å²) in [5.41, 5.74) is -3.90. The Morgan fingerprint density at radius 1 is 1.53 bits per heavy atom. The average Bonchev–Trinajstić information content (AvgIpc) is 2.15. The normalized spacial score (nSPS) is 11.2. The van der Waals surface area contributed by atoms with Crippen LogP contribution in [0.15, 0.2) is 23.5 Å². The van der Waals surface area contributed by atoms with Crippen molar-refractivity contribution >= 4 is 5.69 Å². The van der Waals surface area contributed by atoms with Crippen molar-refractivity contribution in [2.45, 2.75) is 12.6 Å². The summed E-state index contributed by atoms with van der Waals surface area (Å²) < 4.78 is 37.1. The first kappa shape index (κ1) is 12.9. The molecule has 0 saturated heterocycles. The van der Waals surface area contributed by atoms with Crippen LogP contribution in [-0.4, -0.2) is 9.91 Å². The molecule has 0 fully saturated rings. The highest BCUT2D eigenvalue weighted by molar-refractivity contribution is 5.40. The van der Waals surface area contributed by atoms with Crippen LogP contribution in [0.25, 0.3) is 0 Å². The van der Waals surface area contributed by atoms with Crippen LogP contribution in [0.3, 0.4) is 0 Å². The third-order valence-electron chi connectivity index (χ3n) is 1.94. The number of hydrogen-bond acceptors (Lipinski definition) is 3. The van der Waals surface area contributed by atoms with E-state index in [-0.39, 0.29) is 12.0 Å². The number of pyridine rings is 1. The fourth-order valence-corrected chi connectivity index (χ4v) is 1.27. The third-order valence-corrected chi connectivity index (χ3v) is 1.94. The second-order valence-electron chi connectivity index (χ2n) is 3.13. The zero-order chi connectivity index (χ0) is 13.2. The molecule has 1 aromatic heterocycles. The lowest BCUT2D eigenvalue weighted by atomic mass is 10.1. The van der Waals surface area contributed by atoms with Crippen molar-refractivity contribution in [1.82, 2.24) is 4.98 Å². The Morgan fingerprint density at radius 2 is 2.12 bits per heavy atom. The molecule has 0 radical (unpaired) electrons. The number of nitrogens with one attached hydrogen (secondary N) is 1. The summed E-state index contributed by atoms with van der Waals surface area (Å²) in [6.45, 7) is 3.26. The Kier molecular flexibility index (Phi) is 3.35. The van der Waals surface area contributed by atoms with Gasteiger partial charge in [-0.15, -0.1) is 6.58 Å². The summed E-state index contributed by atoms with van der Waals surface area (Å²) in [6, 6.07) is 0.543. The van der Waals surface area contributed by atoms with Crippen LogP contribution in [0, 0.1) is 10.1 Å². The Hall–Kier alpha value is -2.12. The summed E-state index contributed by atoms with van der Waals surface area (Å²) in [4.78, 5) is 22.2. The van der Waals surface area contributed by atoms with Gasteiger partial charge in [-0.05, 0) is 12.5 Å². The first-order valence-electron chi connectivity index (χ1n) is 4.36. The third kappa shape index (κ3) is 2.71. The molecular weight excluding hydrogens is 241 g/mol. The van der Waals surface area contributed by atoms with Gasteiger partial charge >= 0.3 is 17.4 Å². The van der Waals surface area contributed by atoms with Gasteiger partial charge in [-0.1, -0.05) is 6.08 Å². The lowest BCUT2D eigenvalue weighted by molar-refractivity contribution is -0.387. The van der Waals surface area contributed by atoms with E-state index in [0.717, 1.165) is 0 Å². The minimum atomic E-state index is -4.76. The maximum absolute atomic E-state index is 12.4. The molecule has 5 nitrogen and oxygen atoms in total. The predicted octanol–water partition coefficient (Wildman–Crippen LogP) is 2.03. The molecule has 92 valence electrons. The van der Waals surface area contributed by atoms with Crippen molar-refractivity contribution in [3.8, 4) is 0 Å². The van der Waals surface area contributed by atoms with Gasteiger partial charge in [0.2, 0.25) is 0 Å². The second-order valence-corrected chi connectivity index (χ2v) is 3.13. The first-order valence-corrected chi connectivity index (χ1v) is 4.36. The maximum atomic E-state index is 12.4. The Morgan fingerprint density at radius 3 is 2.53 bits per heavy atom. The monoisotopic (exact) mass is 248 g/mol. The number of aromatic nitrogens is 1. The molecule has 17 heavy (non-hydrogen) atoms. The smallest absolute Gasteiger partial charge is 0.312 e. The van der Waals surface area contributed by atoms with Gasteiger partial charge in [0.15, 0.2) is 0 Å². The molecule has 1 N–H and O–H groups in total. The molecular formula is C9H7F3N2O3. The van der Waals surface area contributed by atoms with Gasteiger partial charge < -0.3 is 4.98 Å². The molecule has 0 saturated carbocycles. The number of halogens is 3. The minimum Gasteiger partial charge on any atom is -0.312 e. The van der Waals surface area contributed by atoms with E-state index >= 15 is 0 Å². The van der Waals surface area contributed by atoms with Gasteiger partial charge in [-0.3, -0.25) is 14.9 Å². The van der Waals surface area contributed by atoms with Crippen LogP contribution in [0.4, 0.5) is 18.9 Å². The molecule has 0 aliphatic rings. The number of hydrogen-bond donors (Lipinski definition) is 1. The van der Waals surface area contributed by atoms with Crippen molar-refractivity contribution in [3.63, 3.8) is 0 Å². The molecule has 1 rings (SSSR count). The topological polar surface area (TPSA) is 76.0 Å². The number of nitrogens with zero attached hydrogens (tertiary/aromatic N) is 1. The van der Waals surface area contributed by atoms with Crippen molar-refractivity contribution in [2.24, 2.45) is 0 Å². The Balaban J connectivity index is 3.52. The zero-order valence-corrected chi connectivity index (χ0v) is 8.37. The largest absolute Gasteiger partial charge is 0.431 e. The maximum Gasteiger partial charge on any atom is 0.431 e. The Labute approximate surface area is 92.7 Å². The van der Waals surface area contributed by atoms with Crippen molar-refractivity contribution in [3.05, 3.63) is 50.4 Å². The number of nitro groups is 1. The predicted molar refractivity (Wildman–Crippen MR) is 52.6 cm³/mol. The summed E-state index contributed by atoms with van der Waals surface area (Å²) in [6.07, 6.45) is -3.77. The molecule has 0 aliphatic carbocycles. The van der Waals surface area contributed by atoms with Crippen molar-refractivity contribution < 1.29 is 18.1 Å². The number of aromatic amines is 1. The highest BCUT2D eigenvalue weighted by Gasteiger charge is 2.34. The molecule has 0 aromatic carbocycles. The van der Waals surface area contributed by atoms with Crippen molar-refractivity contribution in [1.29, 1.82) is 0 Å². The van der Waals surface area contributed by atoms with E-state index in [9.17, 15) is 28.1 Å². The number of H-pyrrole nitrogens is 1. The van der Waals surface area contributed by atoms with Gasteiger partial charge in [0.05, 0.1) is 4.92 Å². The van der Waals surface area contributed by atoms with Gasteiger partial charge in [0.1, 0.15) is 5.69 Å². The molecule has 1 heterocycles. The molecule has 0 amide bonds. The highest BCUT2D eigenvalue weighted by atomic mass is 19.4. The number of alkyl halides is 3. The van der Waals surface area contributed by atoms with E-state index in [1.165, 1.54) is 11.1 Å². The number of rotatable bonds is 3. The average molecular weight is 248 g/mol. The fourth-order valence-electron chi connectivity index (χ4n) is 1.27. The summed E-state index contributed by atoms with van der Waals surface area (Å²) in [5, 5.41) is 10.5. The lowest BCUT2D eigenvalue weighted by Crippen LogP contribution is -2.20. The van der Waals surface area contributed by atoms with Crippen LogP contribution < -0.4 is 5.56 Å². The van der Waals surface area contributed by atoms with Crippen LogP contribution in [0.5, 0.6) is 0 Å². The quantitative estimate of drug-likeness (QED) is 0.505. The van der Waals surface area contributed by atoms with Crippen LogP contribution >= 0.6 is 0 Å². The molecule has 1 aromatic rings.